The van der Waals surface area contributed by atoms with Crippen molar-refractivity contribution >= 4 is 5.91 Å². The van der Waals surface area contributed by atoms with E-state index in [1.54, 1.807) is 0 Å². The molecule has 0 atom stereocenters. The number of amides is 1. The zero-order valence-corrected chi connectivity index (χ0v) is 11.0. The topological polar surface area (TPSA) is 49.8 Å². The zero-order chi connectivity index (χ0) is 12.7. The average molecular weight is 243 g/mol. The largest absolute Gasteiger partial charge is 0.395 e. The molecule has 0 unspecified atom stereocenters. The maximum absolute atomic E-state index is 12.4. The molecule has 0 aromatic heterocycles. The van der Waals surface area contributed by atoms with Crippen molar-refractivity contribution in [3.05, 3.63) is 0 Å². The Balaban J connectivity index is 2.63. The molecule has 0 aromatic rings. The number of nitrogens with zero attached hydrogens (tertiary/aromatic N) is 1. The number of ether oxygens (including phenoxy) is 1. The van der Waals surface area contributed by atoms with Crippen LogP contribution in [0.1, 0.15) is 39.5 Å². The van der Waals surface area contributed by atoms with Crippen molar-refractivity contribution in [2.24, 2.45) is 5.92 Å². The third kappa shape index (κ3) is 3.96. The van der Waals surface area contributed by atoms with Crippen LogP contribution in [0.5, 0.6) is 0 Å². The van der Waals surface area contributed by atoms with Crippen molar-refractivity contribution in [2.45, 2.75) is 45.6 Å². The lowest BCUT2D eigenvalue weighted by Crippen LogP contribution is -2.45. The molecule has 1 rings (SSSR count). The van der Waals surface area contributed by atoms with Crippen LogP contribution in [-0.4, -0.2) is 48.3 Å². The predicted octanol–water partition coefficient (Wildman–Crippen LogP) is 1.42. The van der Waals surface area contributed by atoms with Gasteiger partial charge < -0.3 is 14.7 Å². The zero-order valence-electron chi connectivity index (χ0n) is 11.0. The Kier molecular flexibility index (Phi) is 6.52. The molecule has 17 heavy (non-hydrogen) atoms. The number of carbonyl (C=O) groups excluding carboxylic acids is 1. The van der Waals surface area contributed by atoms with Gasteiger partial charge in [-0.2, -0.15) is 0 Å². The van der Waals surface area contributed by atoms with Gasteiger partial charge in [0.1, 0.15) is 0 Å². The van der Waals surface area contributed by atoms with Gasteiger partial charge in [-0.25, -0.2) is 0 Å². The van der Waals surface area contributed by atoms with Crippen LogP contribution in [0.15, 0.2) is 0 Å². The lowest BCUT2D eigenvalue weighted by molar-refractivity contribution is -0.141. The van der Waals surface area contributed by atoms with E-state index in [1.807, 2.05) is 4.90 Å². The van der Waals surface area contributed by atoms with E-state index in [4.69, 9.17) is 9.84 Å². The molecule has 0 spiro atoms. The van der Waals surface area contributed by atoms with E-state index in [2.05, 4.69) is 13.8 Å². The summed E-state index contributed by atoms with van der Waals surface area (Å²) in [5.41, 5.74) is 0. The van der Waals surface area contributed by atoms with Gasteiger partial charge in [0.15, 0.2) is 0 Å². The predicted molar refractivity (Wildman–Crippen MR) is 66.7 cm³/mol. The second-order valence-corrected chi connectivity index (χ2v) is 4.61. The minimum Gasteiger partial charge on any atom is -0.395 e. The molecule has 1 aliphatic heterocycles. The fraction of sp³-hybridized carbons (Fsp3) is 0.923. The SMILES string of the molecule is CCC(CC)N(CCO)C(=O)C1CCOCC1. The van der Waals surface area contributed by atoms with Gasteiger partial charge in [-0.1, -0.05) is 13.8 Å². The Labute approximate surface area is 104 Å². The molecule has 1 amide bonds. The van der Waals surface area contributed by atoms with Crippen LogP contribution in [-0.2, 0) is 9.53 Å². The molecule has 1 saturated heterocycles. The van der Waals surface area contributed by atoms with Gasteiger partial charge in [0.05, 0.1) is 6.61 Å². The Bertz CT molecular complexity index is 223. The van der Waals surface area contributed by atoms with Crippen molar-refractivity contribution in [1.82, 2.24) is 4.90 Å². The Morgan fingerprint density at radius 2 is 1.94 bits per heavy atom. The van der Waals surface area contributed by atoms with E-state index >= 15 is 0 Å². The van der Waals surface area contributed by atoms with Crippen LogP contribution in [0.2, 0.25) is 0 Å². The monoisotopic (exact) mass is 243 g/mol. The van der Waals surface area contributed by atoms with Gasteiger partial charge in [-0.3, -0.25) is 4.79 Å². The molecule has 4 heteroatoms. The molecule has 4 nitrogen and oxygen atoms in total. The molecule has 1 N–H and O–H groups in total. The standard InChI is InChI=1S/C13H25NO3/c1-3-12(4-2)14(7-8-15)13(16)11-5-9-17-10-6-11/h11-12,15H,3-10H2,1-2H3. The molecule has 0 bridgehead atoms. The van der Waals surface area contributed by atoms with Crippen LogP contribution < -0.4 is 0 Å². The van der Waals surface area contributed by atoms with Crippen LogP contribution in [0.25, 0.3) is 0 Å². The third-order valence-corrected chi connectivity index (χ3v) is 3.58. The van der Waals surface area contributed by atoms with Crippen molar-refractivity contribution < 1.29 is 14.6 Å². The van der Waals surface area contributed by atoms with E-state index in [1.165, 1.54) is 0 Å². The van der Waals surface area contributed by atoms with E-state index in [0.717, 1.165) is 25.7 Å². The molecular weight excluding hydrogens is 218 g/mol. The first-order chi connectivity index (χ1) is 8.24. The highest BCUT2D eigenvalue weighted by Gasteiger charge is 2.29. The van der Waals surface area contributed by atoms with E-state index in [-0.39, 0.29) is 24.5 Å². The first-order valence-corrected chi connectivity index (χ1v) is 6.73. The summed E-state index contributed by atoms with van der Waals surface area (Å²) in [6.45, 7) is 6.07. The van der Waals surface area contributed by atoms with Crippen LogP contribution in [0, 0.1) is 5.92 Å². The number of hydrogen-bond donors (Lipinski definition) is 1. The molecule has 0 saturated carbocycles. The Hall–Kier alpha value is -0.610. The Morgan fingerprint density at radius 3 is 2.41 bits per heavy atom. The average Bonchev–Trinajstić information content (AvgIpc) is 2.39. The van der Waals surface area contributed by atoms with Crippen LogP contribution in [0.4, 0.5) is 0 Å². The number of aliphatic hydroxyl groups is 1. The summed E-state index contributed by atoms with van der Waals surface area (Å²) in [6.07, 6.45) is 3.54. The quantitative estimate of drug-likeness (QED) is 0.767. The highest BCUT2D eigenvalue weighted by molar-refractivity contribution is 5.79. The summed E-state index contributed by atoms with van der Waals surface area (Å²) in [6, 6.07) is 0.262. The van der Waals surface area contributed by atoms with Gasteiger partial charge in [0.2, 0.25) is 5.91 Å². The second-order valence-electron chi connectivity index (χ2n) is 4.61. The molecule has 1 heterocycles. The van der Waals surface area contributed by atoms with Crippen molar-refractivity contribution in [3.8, 4) is 0 Å². The van der Waals surface area contributed by atoms with Gasteiger partial charge in [-0.15, -0.1) is 0 Å². The Morgan fingerprint density at radius 1 is 1.35 bits per heavy atom. The highest BCUT2D eigenvalue weighted by Crippen LogP contribution is 2.20. The minimum atomic E-state index is 0.0471. The van der Waals surface area contributed by atoms with Gasteiger partial charge in [0.25, 0.3) is 0 Å². The third-order valence-electron chi connectivity index (χ3n) is 3.58. The van der Waals surface area contributed by atoms with Crippen molar-refractivity contribution in [1.29, 1.82) is 0 Å². The van der Waals surface area contributed by atoms with Crippen LogP contribution >= 0.6 is 0 Å². The van der Waals surface area contributed by atoms with E-state index in [0.29, 0.717) is 19.8 Å². The number of hydrogen-bond acceptors (Lipinski definition) is 3. The first kappa shape index (κ1) is 14.5. The molecule has 0 radical (unpaired) electrons. The lowest BCUT2D eigenvalue weighted by atomic mass is 9.97. The summed E-state index contributed by atoms with van der Waals surface area (Å²) in [5.74, 6) is 0.298. The number of carbonyl (C=O) groups is 1. The molecule has 0 aromatic carbocycles. The highest BCUT2D eigenvalue weighted by atomic mass is 16.5. The molecular formula is C13H25NO3. The minimum absolute atomic E-state index is 0.0471. The summed E-state index contributed by atoms with van der Waals surface area (Å²) in [7, 11) is 0. The maximum Gasteiger partial charge on any atom is 0.226 e. The lowest BCUT2D eigenvalue weighted by Gasteiger charge is -2.34. The molecule has 0 aliphatic carbocycles. The fourth-order valence-corrected chi connectivity index (χ4v) is 2.49. The fourth-order valence-electron chi connectivity index (χ4n) is 2.49. The van der Waals surface area contributed by atoms with Crippen LogP contribution in [0.3, 0.4) is 0 Å². The molecule has 100 valence electrons. The summed E-state index contributed by atoms with van der Waals surface area (Å²) >= 11 is 0. The summed E-state index contributed by atoms with van der Waals surface area (Å²) in [4.78, 5) is 14.3. The smallest absolute Gasteiger partial charge is 0.226 e. The normalized spacial score (nSPS) is 17.4. The number of rotatable bonds is 6. The molecule has 1 fully saturated rings. The van der Waals surface area contributed by atoms with E-state index in [9.17, 15) is 4.79 Å². The van der Waals surface area contributed by atoms with Crippen molar-refractivity contribution in [3.63, 3.8) is 0 Å². The maximum atomic E-state index is 12.4. The first-order valence-electron chi connectivity index (χ1n) is 6.73. The second kappa shape index (κ2) is 7.67. The summed E-state index contributed by atoms with van der Waals surface area (Å²) in [5, 5.41) is 9.11. The van der Waals surface area contributed by atoms with E-state index < -0.39 is 0 Å². The van der Waals surface area contributed by atoms with Gasteiger partial charge >= 0.3 is 0 Å². The number of aliphatic hydroxyl groups excluding tert-OH is 1. The van der Waals surface area contributed by atoms with Crippen molar-refractivity contribution in [2.75, 3.05) is 26.4 Å². The summed E-state index contributed by atoms with van der Waals surface area (Å²) < 4.78 is 5.28. The van der Waals surface area contributed by atoms with Gasteiger partial charge in [-0.05, 0) is 25.7 Å². The van der Waals surface area contributed by atoms with Gasteiger partial charge in [0, 0.05) is 31.7 Å². The molecule has 1 aliphatic rings.